The molecule has 0 saturated carbocycles. The Kier molecular flexibility index (Phi) is 18.9. The van der Waals surface area contributed by atoms with Crippen molar-refractivity contribution in [3.8, 4) is 0 Å². The van der Waals surface area contributed by atoms with E-state index < -0.39 is 12.1 Å². The second-order valence-electron chi connectivity index (χ2n) is 1.80. The number of aliphatic hydroxyl groups is 1. The van der Waals surface area contributed by atoms with Crippen LogP contribution in [0.2, 0.25) is 0 Å². The number of hydrogen-bond donors (Lipinski definition) is 2. The maximum Gasteiger partial charge on any atom is 0.332 e. The van der Waals surface area contributed by atoms with E-state index in [0.29, 0.717) is 0 Å². The van der Waals surface area contributed by atoms with Crippen molar-refractivity contribution in [2.75, 3.05) is 13.2 Å². The lowest BCUT2D eigenvalue weighted by Gasteiger charge is -1.89. The van der Waals surface area contributed by atoms with Crippen molar-refractivity contribution in [3.05, 3.63) is 0 Å². The van der Waals surface area contributed by atoms with Crippen LogP contribution in [-0.2, 0) is 9.53 Å². The molecule has 0 radical (unpaired) electrons. The van der Waals surface area contributed by atoms with Crippen molar-refractivity contribution in [2.24, 2.45) is 0 Å². The summed E-state index contributed by atoms with van der Waals surface area (Å²) in [5.74, 6) is -1.19. The van der Waals surface area contributed by atoms with E-state index in [1.807, 2.05) is 13.8 Å². The van der Waals surface area contributed by atoms with Crippen molar-refractivity contribution >= 4 is 5.97 Å². The molecule has 0 fully saturated rings. The molecule has 5 heteroatoms. The van der Waals surface area contributed by atoms with Gasteiger partial charge in [-0.15, -0.1) is 0 Å². The zero-order valence-electron chi connectivity index (χ0n) is 7.70. The molecular weight excluding hydrogens is 164 g/mol. The summed E-state index contributed by atoms with van der Waals surface area (Å²) < 4.78 is 4.83. The van der Waals surface area contributed by atoms with E-state index in [0.717, 1.165) is 13.2 Å². The van der Waals surface area contributed by atoms with Crippen molar-refractivity contribution in [1.29, 1.82) is 0 Å². The van der Waals surface area contributed by atoms with Gasteiger partial charge in [-0.3, -0.25) is 0 Å². The average molecular weight is 182 g/mol. The summed E-state index contributed by atoms with van der Waals surface area (Å²) in [4.78, 5) is 9.45. The van der Waals surface area contributed by atoms with Gasteiger partial charge in [-0.25, -0.2) is 4.79 Å². The first-order chi connectivity index (χ1) is 5.06. The number of aliphatic hydroxyl groups excluding tert-OH is 1. The third-order valence-electron chi connectivity index (χ3n) is 0.766. The van der Waals surface area contributed by atoms with Gasteiger partial charge in [0, 0.05) is 13.2 Å². The number of carboxylic acid groups (broad SMARTS) is 1. The SMILES string of the molecule is CC(O)C(=O)O.CCOCC.O. The van der Waals surface area contributed by atoms with Gasteiger partial charge in [-0.05, 0) is 20.8 Å². The van der Waals surface area contributed by atoms with Crippen LogP contribution < -0.4 is 0 Å². The molecule has 5 nitrogen and oxygen atoms in total. The van der Waals surface area contributed by atoms with Gasteiger partial charge in [-0.2, -0.15) is 0 Å². The second-order valence-corrected chi connectivity index (χ2v) is 1.80. The second kappa shape index (κ2) is 13.0. The Hall–Kier alpha value is -0.650. The number of carboxylic acids is 1. The molecule has 0 bridgehead atoms. The predicted molar refractivity (Wildman–Crippen MR) is 45.1 cm³/mol. The fourth-order valence-electron chi connectivity index (χ4n) is 0.204. The van der Waals surface area contributed by atoms with E-state index >= 15 is 0 Å². The Balaban J connectivity index is -0.000000126. The molecule has 0 aliphatic carbocycles. The molecule has 0 amide bonds. The summed E-state index contributed by atoms with van der Waals surface area (Å²) in [6.07, 6.45) is -1.23. The molecule has 1 unspecified atom stereocenters. The lowest BCUT2D eigenvalue weighted by molar-refractivity contribution is -0.145. The van der Waals surface area contributed by atoms with Gasteiger partial charge in [0.05, 0.1) is 0 Å². The van der Waals surface area contributed by atoms with Crippen molar-refractivity contribution < 1.29 is 25.2 Å². The Morgan fingerprint density at radius 1 is 1.42 bits per heavy atom. The maximum absolute atomic E-state index is 9.45. The number of rotatable bonds is 3. The molecule has 4 N–H and O–H groups in total. The van der Waals surface area contributed by atoms with Crippen LogP contribution in [0.5, 0.6) is 0 Å². The molecule has 0 spiro atoms. The van der Waals surface area contributed by atoms with Crippen LogP contribution in [0.25, 0.3) is 0 Å². The van der Waals surface area contributed by atoms with E-state index in [1.54, 1.807) is 0 Å². The van der Waals surface area contributed by atoms with Gasteiger partial charge in [0.1, 0.15) is 6.10 Å². The molecule has 1 atom stereocenters. The fourth-order valence-corrected chi connectivity index (χ4v) is 0.204. The average Bonchev–Trinajstić information content (AvgIpc) is 1.90. The minimum Gasteiger partial charge on any atom is -0.479 e. The fraction of sp³-hybridized carbons (Fsp3) is 0.857. The van der Waals surface area contributed by atoms with E-state index in [4.69, 9.17) is 14.9 Å². The maximum atomic E-state index is 9.45. The van der Waals surface area contributed by atoms with E-state index in [9.17, 15) is 4.79 Å². The predicted octanol–water partition coefficient (Wildman–Crippen LogP) is -0.330. The van der Waals surface area contributed by atoms with Crippen molar-refractivity contribution in [3.63, 3.8) is 0 Å². The van der Waals surface area contributed by atoms with Crippen LogP contribution in [0.3, 0.4) is 0 Å². The van der Waals surface area contributed by atoms with Gasteiger partial charge in [-0.1, -0.05) is 0 Å². The highest BCUT2D eigenvalue weighted by atomic mass is 16.5. The lowest BCUT2D eigenvalue weighted by atomic mass is 10.4. The van der Waals surface area contributed by atoms with E-state index in [-0.39, 0.29) is 5.48 Å². The summed E-state index contributed by atoms with van der Waals surface area (Å²) in [5, 5.41) is 15.8. The standard InChI is InChI=1S/C4H10O.C3H6O3.H2O/c1-3-5-4-2;1-2(4)3(5)6;/h3-4H2,1-2H3;2,4H,1H3,(H,5,6);1H2. The smallest absolute Gasteiger partial charge is 0.332 e. The Morgan fingerprint density at radius 3 is 1.67 bits per heavy atom. The summed E-state index contributed by atoms with van der Waals surface area (Å²) in [6.45, 7) is 6.86. The highest BCUT2D eigenvalue weighted by Crippen LogP contribution is 1.73. The summed E-state index contributed by atoms with van der Waals surface area (Å²) in [5.41, 5.74) is 0. The molecule has 0 heterocycles. The minimum atomic E-state index is -1.23. The van der Waals surface area contributed by atoms with Crippen molar-refractivity contribution in [2.45, 2.75) is 26.9 Å². The monoisotopic (exact) mass is 182 g/mol. The molecule has 0 aromatic rings. The molecule has 0 rings (SSSR count). The highest BCUT2D eigenvalue weighted by molar-refractivity contribution is 5.71. The van der Waals surface area contributed by atoms with Crippen LogP contribution >= 0.6 is 0 Å². The topological polar surface area (TPSA) is 98.3 Å². The quantitative estimate of drug-likeness (QED) is 0.624. The summed E-state index contributed by atoms with van der Waals surface area (Å²) in [7, 11) is 0. The third kappa shape index (κ3) is 22.8. The normalized spacial score (nSPS) is 10.3. The molecule has 0 aromatic carbocycles. The van der Waals surface area contributed by atoms with Gasteiger partial charge in [0.15, 0.2) is 0 Å². The lowest BCUT2D eigenvalue weighted by Crippen LogP contribution is -2.13. The van der Waals surface area contributed by atoms with Crippen molar-refractivity contribution in [1.82, 2.24) is 0 Å². The van der Waals surface area contributed by atoms with Crippen LogP contribution in [0.15, 0.2) is 0 Å². The zero-order valence-corrected chi connectivity index (χ0v) is 7.70. The van der Waals surface area contributed by atoms with Crippen LogP contribution in [-0.4, -0.2) is 41.0 Å². The van der Waals surface area contributed by atoms with Gasteiger partial charge < -0.3 is 20.4 Å². The van der Waals surface area contributed by atoms with Crippen LogP contribution in [0, 0.1) is 0 Å². The molecule has 76 valence electrons. The van der Waals surface area contributed by atoms with Gasteiger partial charge in [0.2, 0.25) is 0 Å². The Labute approximate surface area is 72.3 Å². The number of ether oxygens (including phenoxy) is 1. The summed E-state index contributed by atoms with van der Waals surface area (Å²) in [6, 6.07) is 0. The minimum absolute atomic E-state index is 0. The van der Waals surface area contributed by atoms with Crippen LogP contribution in [0.4, 0.5) is 0 Å². The first kappa shape index (κ1) is 17.4. The zero-order chi connectivity index (χ0) is 9.28. The van der Waals surface area contributed by atoms with E-state index in [1.165, 1.54) is 6.92 Å². The Bertz CT molecular complexity index is 89.8. The summed E-state index contributed by atoms with van der Waals surface area (Å²) >= 11 is 0. The largest absolute Gasteiger partial charge is 0.479 e. The Morgan fingerprint density at radius 2 is 1.67 bits per heavy atom. The number of carbonyl (C=O) groups is 1. The molecule has 0 aliphatic rings. The van der Waals surface area contributed by atoms with E-state index in [2.05, 4.69) is 0 Å². The molecular formula is C7H18O5. The molecule has 0 saturated heterocycles. The van der Waals surface area contributed by atoms with Crippen LogP contribution in [0.1, 0.15) is 20.8 Å². The molecule has 0 aliphatic heterocycles. The molecule has 0 aromatic heterocycles. The first-order valence-electron chi connectivity index (χ1n) is 3.54. The molecule has 12 heavy (non-hydrogen) atoms. The first-order valence-corrected chi connectivity index (χ1v) is 3.54. The number of hydrogen-bond acceptors (Lipinski definition) is 3. The van der Waals surface area contributed by atoms with Gasteiger partial charge >= 0.3 is 5.97 Å². The third-order valence-corrected chi connectivity index (χ3v) is 0.766. The number of aliphatic carboxylic acids is 1. The highest BCUT2D eigenvalue weighted by Gasteiger charge is 2.01. The van der Waals surface area contributed by atoms with Gasteiger partial charge in [0.25, 0.3) is 0 Å².